The maximum absolute atomic E-state index is 13.4. The van der Waals surface area contributed by atoms with E-state index in [2.05, 4.69) is 0 Å². The lowest BCUT2D eigenvalue weighted by molar-refractivity contribution is -0.157. The van der Waals surface area contributed by atoms with Gasteiger partial charge in [-0.2, -0.15) is 0 Å². The average Bonchev–Trinajstić information content (AvgIpc) is 2.91. The summed E-state index contributed by atoms with van der Waals surface area (Å²) in [5, 5.41) is 44.0. The number of carbonyl (C=O) groups is 4. The molecule has 0 saturated heterocycles. The van der Waals surface area contributed by atoms with Gasteiger partial charge in [0, 0.05) is 16.7 Å². The summed E-state index contributed by atoms with van der Waals surface area (Å²) in [5.74, 6) is -5.24. The van der Waals surface area contributed by atoms with Crippen molar-refractivity contribution in [3.8, 4) is 0 Å². The van der Waals surface area contributed by atoms with E-state index in [1.54, 1.807) is 45.0 Å². The van der Waals surface area contributed by atoms with Crippen molar-refractivity contribution in [2.75, 3.05) is 0 Å². The molecular formula is C29H28O8. The number of carbonyl (C=O) groups excluding carboxylic acids is 4. The molecule has 0 bridgehead atoms. The molecule has 0 aromatic heterocycles. The Kier molecular flexibility index (Phi) is 8.30. The third-order valence-electron chi connectivity index (χ3n) is 6.23. The van der Waals surface area contributed by atoms with Crippen LogP contribution in [0.5, 0.6) is 0 Å². The first-order valence-corrected chi connectivity index (χ1v) is 11.5. The predicted molar refractivity (Wildman–Crippen MR) is 135 cm³/mol. The van der Waals surface area contributed by atoms with Gasteiger partial charge in [0.05, 0.1) is 0 Å². The Bertz CT molecular complexity index is 1310. The standard InChI is InChI=1S/C29H28O8/c1-16-4-10-19(11-5-16)22(30)24(32)27(35)29(37,26(34)21-14-8-18(3)9-15-21)28(36)25(33)23(31)20-12-6-17(2)7-13-20/h4-15,24,27-28,32,35-37H,1-3H3/t24?,27-,28+,29-/m1/s1. The summed E-state index contributed by atoms with van der Waals surface area (Å²) in [6, 6.07) is 17.2. The van der Waals surface area contributed by atoms with Crippen molar-refractivity contribution < 1.29 is 39.6 Å². The summed E-state index contributed by atoms with van der Waals surface area (Å²) < 4.78 is 0. The number of aliphatic hydroxyl groups is 4. The van der Waals surface area contributed by atoms with Gasteiger partial charge in [0.15, 0.2) is 23.3 Å². The number of benzene rings is 3. The molecule has 0 heterocycles. The van der Waals surface area contributed by atoms with Crippen LogP contribution in [0.15, 0.2) is 72.8 Å². The lowest BCUT2D eigenvalue weighted by Crippen LogP contribution is -2.65. The van der Waals surface area contributed by atoms with Crippen LogP contribution in [-0.2, 0) is 4.79 Å². The molecule has 8 heteroatoms. The zero-order chi connectivity index (χ0) is 27.5. The Hall–Kier alpha value is -3.82. The monoisotopic (exact) mass is 504 g/mol. The molecule has 0 aliphatic heterocycles. The second-order valence-electron chi connectivity index (χ2n) is 9.10. The van der Waals surface area contributed by atoms with Crippen molar-refractivity contribution in [2.24, 2.45) is 0 Å². The van der Waals surface area contributed by atoms with Crippen LogP contribution in [0, 0.1) is 20.8 Å². The minimum absolute atomic E-state index is 0.0427. The van der Waals surface area contributed by atoms with Crippen molar-refractivity contribution in [1.82, 2.24) is 0 Å². The molecule has 0 amide bonds. The zero-order valence-corrected chi connectivity index (χ0v) is 20.6. The highest BCUT2D eigenvalue weighted by molar-refractivity contribution is 6.45. The number of ketones is 4. The van der Waals surface area contributed by atoms with Gasteiger partial charge >= 0.3 is 0 Å². The highest BCUT2D eigenvalue weighted by Gasteiger charge is 2.57. The van der Waals surface area contributed by atoms with Crippen LogP contribution in [0.2, 0.25) is 0 Å². The molecule has 3 aromatic rings. The molecule has 4 N–H and O–H groups in total. The summed E-state index contributed by atoms with van der Waals surface area (Å²) in [5.41, 5.74) is -1.47. The smallest absolute Gasteiger partial charge is 0.235 e. The Labute approximate surface area is 213 Å². The second-order valence-corrected chi connectivity index (χ2v) is 9.10. The zero-order valence-electron chi connectivity index (χ0n) is 20.6. The molecule has 1 unspecified atom stereocenters. The fourth-order valence-corrected chi connectivity index (χ4v) is 3.80. The predicted octanol–water partition coefficient (Wildman–Crippen LogP) is 1.94. The van der Waals surface area contributed by atoms with E-state index in [0.29, 0.717) is 0 Å². The van der Waals surface area contributed by atoms with Crippen LogP contribution < -0.4 is 0 Å². The molecule has 0 aliphatic rings. The van der Waals surface area contributed by atoms with Gasteiger partial charge in [0.1, 0.15) is 12.2 Å². The average molecular weight is 505 g/mol. The Morgan fingerprint density at radius 1 is 0.622 bits per heavy atom. The maximum atomic E-state index is 13.4. The number of hydrogen-bond donors (Lipinski definition) is 4. The van der Waals surface area contributed by atoms with Gasteiger partial charge in [0.2, 0.25) is 11.6 Å². The maximum Gasteiger partial charge on any atom is 0.235 e. The Morgan fingerprint density at radius 2 is 1.00 bits per heavy atom. The van der Waals surface area contributed by atoms with Gasteiger partial charge in [-0.05, 0) is 20.8 Å². The van der Waals surface area contributed by atoms with Gasteiger partial charge in [0.25, 0.3) is 0 Å². The summed E-state index contributed by atoms with van der Waals surface area (Å²) in [6.07, 6.45) is -7.88. The van der Waals surface area contributed by atoms with E-state index in [-0.39, 0.29) is 16.7 Å². The lowest BCUT2D eigenvalue weighted by atomic mass is 9.76. The molecule has 8 nitrogen and oxygen atoms in total. The molecule has 0 aliphatic carbocycles. The first kappa shape index (κ1) is 27.8. The van der Waals surface area contributed by atoms with Crippen molar-refractivity contribution in [3.63, 3.8) is 0 Å². The molecule has 37 heavy (non-hydrogen) atoms. The fourth-order valence-electron chi connectivity index (χ4n) is 3.80. The summed E-state index contributed by atoms with van der Waals surface area (Å²) in [7, 11) is 0. The van der Waals surface area contributed by atoms with Crippen molar-refractivity contribution in [1.29, 1.82) is 0 Å². The Morgan fingerprint density at radius 3 is 1.43 bits per heavy atom. The molecule has 0 spiro atoms. The SMILES string of the molecule is Cc1ccc(C(=O)C(=O)[C@H](O)[C@@](O)(C(=O)c2ccc(C)cc2)[C@H](O)C(O)C(=O)c2ccc(C)cc2)cc1. The van der Waals surface area contributed by atoms with Crippen molar-refractivity contribution >= 4 is 23.1 Å². The van der Waals surface area contributed by atoms with Crippen LogP contribution in [-0.4, -0.2) is 67.5 Å². The lowest BCUT2D eigenvalue weighted by Gasteiger charge is -2.36. The van der Waals surface area contributed by atoms with E-state index in [4.69, 9.17) is 0 Å². The van der Waals surface area contributed by atoms with E-state index >= 15 is 0 Å². The van der Waals surface area contributed by atoms with Crippen LogP contribution in [0.25, 0.3) is 0 Å². The molecule has 192 valence electrons. The van der Waals surface area contributed by atoms with Crippen LogP contribution >= 0.6 is 0 Å². The summed E-state index contributed by atoms with van der Waals surface area (Å²) in [4.78, 5) is 52.0. The first-order chi connectivity index (χ1) is 17.4. The summed E-state index contributed by atoms with van der Waals surface area (Å²) >= 11 is 0. The summed E-state index contributed by atoms with van der Waals surface area (Å²) in [6.45, 7) is 5.26. The topological polar surface area (TPSA) is 149 Å². The van der Waals surface area contributed by atoms with E-state index in [1.165, 1.54) is 48.5 Å². The van der Waals surface area contributed by atoms with E-state index < -0.39 is 47.0 Å². The van der Waals surface area contributed by atoms with Gasteiger partial charge in [-0.25, -0.2) is 0 Å². The highest BCUT2D eigenvalue weighted by Crippen LogP contribution is 2.28. The number of aryl methyl sites for hydroxylation is 3. The number of hydrogen-bond acceptors (Lipinski definition) is 8. The third-order valence-corrected chi connectivity index (χ3v) is 6.23. The van der Waals surface area contributed by atoms with Crippen LogP contribution in [0.1, 0.15) is 47.8 Å². The van der Waals surface area contributed by atoms with E-state index in [9.17, 15) is 39.6 Å². The number of rotatable bonds is 10. The quantitative estimate of drug-likeness (QED) is 0.242. The van der Waals surface area contributed by atoms with Crippen molar-refractivity contribution in [3.05, 3.63) is 106 Å². The molecule has 0 radical (unpaired) electrons. The Balaban J connectivity index is 2.04. The molecule has 3 rings (SSSR count). The molecule has 4 atom stereocenters. The normalized spacial score (nSPS) is 15.2. The molecular weight excluding hydrogens is 476 g/mol. The van der Waals surface area contributed by atoms with Crippen LogP contribution in [0.4, 0.5) is 0 Å². The molecule has 0 fully saturated rings. The van der Waals surface area contributed by atoms with E-state index in [0.717, 1.165) is 16.7 Å². The van der Waals surface area contributed by atoms with E-state index in [1.807, 2.05) is 0 Å². The first-order valence-electron chi connectivity index (χ1n) is 11.5. The van der Waals surface area contributed by atoms with Gasteiger partial charge in [-0.15, -0.1) is 0 Å². The second kappa shape index (κ2) is 11.1. The van der Waals surface area contributed by atoms with Gasteiger partial charge in [-0.3, -0.25) is 19.2 Å². The van der Waals surface area contributed by atoms with Crippen molar-refractivity contribution in [2.45, 2.75) is 44.7 Å². The number of Topliss-reactive ketones (excluding diaryl/α,β-unsaturated/α-hetero) is 4. The molecule has 3 aromatic carbocycles. The minimum Gasteiger partial charge on any atom is -0.386 e. The number of aliphatic hydroxyl groups excluding tert-OH is 3. The fraction of sp³-hybridized carbons (Fsp3) is 0.241. The highest BCUT2D eigenvalue weighted by atomic mass is 16.4. The van der Waals surface area contributed by atoms with Gasteiger partial charge in [-0.1, -0.05) is 89.5 Å². The third kappa shape index (κ3) is 5.63. The van der Waals surface area contributed by atoms with Crippen LogP contribution in [0.3, 0.4) is 0 Å². The largest absolute Gasteiger partial charge is 0.386 e. The van der Waals surface area contributed by atoms with Gasteiger partial charge < -0.3 is 20.4 Å². The molecule has 0 saturated carbocycles. The minimum atomic E-state index is -3.44.